The summed E-state index contributed by atoms with van der Waals surface area (Å²) in [6.07, 6.45) is 2.28. The van der Waals surface area contributed by atoms with Gasteiger partial charge in [-0.2, -0.15) is 0 Å². The SMILES string of the molecule is CC[N+]1(C)[C@@H]2CC(OC(=O)C(C[O-])c3ccccc3)C[C@H]1[C@H]1O[C@H]12. The van der Waals surface area contributed by atoms with E-state index < -0.39 is 12.5 Å². The Morgan fingerprint density at radius 2 is 1.92 bits per heavy atom. The maximum atomic E-state index is 12.5. The molecular weight excluding hydrogens is 306 g/mol. The number of piperidine rings is 1. The van der Waals surface area contributed by atoms with E-state index in [9.17, 15) is 9.90 Å². The van der Waals surface area contributed by atoms with Crippen molar-refractivity contribution < 1.29 is 23.9 Å². The smallest absolute Gasteiger partial charge is 0.312 e. The fourth-order valence-electron chi connectivity index (χ4n) is 4.85. The minimum atomic E-state index is -0.705. The predicted molar refractivity (Wildman–Crippen MR) is 86.1 cm³/mol. The van der Waals surface area contributed by atoms with Crippen LogP contribution in [0.2, 0.25) is 0 Å². The van der Waals surface area contributed by atoms with Crippen LogP contribution in [-0.4, -0.2) is 61.0 Å². The summed E-state index contributed by atoms with van der Waals surface area (Å²) in [5.41, 5.74) is 0.747. The molecule has 3 unspecified atom stereocenters. The van der Waals surface area contributed by atoms with Crippen molar-refractivity contribution in [3.63, 3.8) is 0 Å². The van der Waals surface area contributed by atoms with Crippen molar-refractivity contribution in [2.45, 2.75) is 56.1 Å². The number of carbonyl (C=O) groups excluding carboxylic acids is 1. The lowest BCUT2D eigenvalue weighted by Gasteiger charge is -2.47. The molecule has 5 nitrogen and oxygen atoms in total. The van der Waals surface area contributed by atoms with Gasteiger partial charge >= 0.3 is 5.97 Å². The summed E-state index contributed by atoms with van der Waals surface area (Å²) in [6.45, 7) is 2.83. The van der Waals surface area contributed by atoms with Gasteiger partial charge in [-0.3, -0.25) is 4.79 Å². The molecule has 130 valence electrons. The maximum Gasteiger partial charge on any atom is 0.312 e. The number of likely N-dealkylation sites (N-methyl/N-ethyl adjacent to an activating group) is 1. The van der Waals surface area contributed by atoms with Crippen LogP contribution >= 0.6 is 0 Å². The van der Waals surface area contributed by atoms with Gasteiger partial charge in [0.2, 0.25) is 0 Å². The zero-order valence-corrected chi connectivity index (χ0v) is 14.3. The molecule has 0 aliphatic carbocycles. The fourth-order valence-corrected chi connectivity index (χ4v) is 4.85. The maximum absolute atomic E-state index is 12.5. The number of carbonyl (C=O) groups is 1. The molecule has 24 heavy (non-hydrogen) atoms. The number of fused-ring (bicyclic) bond motifs is 5. The van der Waals surface area contributed by atoms with Gasteiger partial charge in [0, 0.05) is 12.8 Å². The van der Waals surface area contributed by atoms with Crippen molar-refractivity contribution in [3.05, 3.63) is 35.9 Å². The number of nitrogens with zero attached hydrogens (tertiary/aromatic N) is 1. The van der Waals surface area contributed by atoms with E-state index in [-0.39, 0.29) is 12.1 Å². The van der Waals surface area contributed by atoms with Gasteiger partial charge in [0.15, 0.2) is 0 Å². The predicted octanol–water partition coefficient (Wildman–Crippen LogP) is 0.821. The molecule has 0 spiro atoms. The minimum Gasteiger partial charge on any atom is -0.854 e. The molecule has 3 aliphatic rings. The quantitative estimate of drug-likeness (QED) is 0.455. The number of rotatable bonds is 5. The lowest BCUT2D eigenvalue weighted by Crippen LogP contribution is -2.62. The number of esters is 1. The molecule has 3 heterocycles. The third-order valence-corrected chi connectivity index (χ3v) is 6.46. The van der Waals surface area contributed by atoms with E-state index in [1.54, 1.807) is 0 Å². The highest BCUT2D eigenvalue weighted by atomic mass is 16.6. The summed E-state index contributed by atoms with van der Waals surface area (Å²) in [5, 5.41) is 11.5. The first-order valence-electron chi connectivity index (χ1n) is 8.92. The number of hydrogen-bond donors (Lipinski definition) is 0. The van der Waals surface area contributed by atoms with E-state index in [1.807, 2.05) is 30.3 Å². The van der Waals surface area contributed by atoms with Crippen LogP contribution in [0.1, 0.15) is 31.2 Å². The van der Waals surface area contributed by atoms with Gasteiger partial charge in [-0.25, -0.2) is 0 Å². The van der Waals surface area contributed by atoms with Gasteiger partial charge in [-0.15, -0.1) is 6.61 Å². The van der Waals surface area contributed by atoms with Gasteiger partial charge in [0.25, 0.3) is 0 Å². The lowest BCUT2D eigenvalue weighted by atomic mass is 9.95. The Balaban J connectivity index is 1.44. The average Bonchev–Trinajstić information content (AvgIpc) is 3.35. The highest BCUT2D eigenvalue weighted by molar-refractivity contribution is 5.78. The summed E-state index contributed by atoms with van der Waals surface area (Å²) < 4.78 is 12.6. The summed E-state index contributed by atoms with van der Waals surface area (Å²) in [5.74, 6) is -1.08. The van der Waals surface area contributed by atoms with E-state index in [0.29, 0.717) is 24.3 Å². The van der Waals surface area contributed by atoms with Gasteiger partial charge in [0.1, 0.15) is 30.4 Å². The molecule has 1 aromatic rings. The molecule has 0 N–H and O–H groups in total. The van der Waals surface area contributed by atoms with Crippen LogP contribution in [0.15, 0.2) is 30.3 Å². The van der Waals surface area contributed by atoms with Crippen LogP contribution < -0.4 is 5.11 Å². The van der Waals surface area contributed by atoms with Gasteiger partial charge < -0.3 is 19.1 Å². The van der Waals surface area contributed by atoms with E-state index in [4.69, 9.17) is 9.47 Å². The summed E-state index contributed by atoms with van der Waals surface area (Å²) in [4.78, 5) is 12.5. The zero-order chi connectivity index (χ0) is 16.9. The van der Waals surface area contributed by atoms with Crippen LogP contribution in [0, 0.1) is 0 Å². The molecule has 0 aromatic heterocycles. The molecule has 0 saturated carbocycles. The first kappa shape index (κ1) is 16.1. The molecule has 3 fully saturated rings. The Labute approximate surface area is 142 Å². The fraction of sp³-hybridized carbons (Fsp3) is 0.632. The zero-order valence-electron chi connectivity index (χ0n) is 14.3. The standard InChI is InChI=1S/C19H25NO4/c1-3-20(2)15-9-13(10-16(20)18-17(15)24-18)23-19(22)14(11-21)12-7-5-4-6-8-12/h4-8,13-18H,3,9-11H2,1-2H3/t13?,14?,15-,16+,17+,18-,20?. The van der Waals surface area contributed by atoms with Crippen LogP contribution in [0.4, 0.5) is 0 Å². The molecule has 2 bridgehead atoms. The molecule has 3 saturated heterocycles. The lowest BCUT2D eigenvalue weighted by molar-refractivity contribution is -0.954. The molecule has 5 heteroatoms. The number of benzene rings is 1. The van der Waals surface area contributed by atoms with E-state index in [0.717, 1.165) is 29.4 Å². The van der Waals surface area contributed by atoms with Crippen molar-refractivity contribution >= 4 is 5.97 Å². The van der Waals surface area contributed by atoms with E-state index in [1.165, 1.54) is 0 Å². The number of morpholine rings is 1. The third kappa shape index (κ3) is 2.38. The molecule has 0 amide bonds. The first-order valence-corrected chi connectivity index (χ1v) is 8.92. The number of epoxide rings is 1. The molecule has 1 aromatic carbocycles. The van der Waals surface area contributed by atoms with Gasteiger partial charge in [-0.1, -0.05) is 30.3 Å². The largest absolute Gasteiger partial charge is 0.854 e. The second kappa shape index (κ2) is 5.83. The Morgan fingerprint density at radius 3 is 2.46 bits per heavy atom. The van der Waals surface area contributed by atoms with Crippen molar-refractivity contribution in [2.75, 3.05) is 20.2 Å². The van der Waals surface area contributed by atoms with Crippen LogP contribution in [-0.2, 0) is 14.3 Å². The highest BCUT2D eigenvalue weighted by Gasteiger charge is 2.71. The molecule has 4 rings (SSSR count). The van der Waals surface area contributed by atoms with Crippen LogP contribution in [0.5, 0.6) is 0 Å². The van der Waals surface area contributed by atoms with E-state index >= 15 is 0 Å². The van der Waals surface area contributed by atoms with Crippen LogP contribution in [0.3, 0.4) is 0 Å². The van der Waals surface area contributed by atoms with Crippen molar-refractivity contribution in [1.29, 1.82) is 0 Å². The molecule has 7 atom stereocenters. The molecule has 0 radical (unpaired) electrons. The monoisotopic (exact) mass is 331 g/mol. The number of hydrogen-bond acceptors (Lipinski definition) is 4. The van der Waals surface area contributed by atoms with Crippen LogP contribution in [0.25, 0.3) is 0 Å². The number of quaternary nitrogens is 1. The summed E-state index contributed by atoms with van der Waals surface area (Å²) in [7, 11) is 2.30. The average molecular weight is 331 g/mol. The third-order valence-electron chi connectivity index (χ3n) is 6.46. The Hall–Kier alpha value is -1.43. The Kier molecular flexibility index (Phi) is 3.90. The second-order valence-electron chi connectivity index (χ2n) is 7.52. The van der Waals surface area contributed by atoms with Crippen molar-refractivity contribution in [2.24, 2.45) is 0 Å². The summed E-state index contributed by atoms with van der Waals surface area (Å²) in [6, 6.07) is 10.1. The van der Waals surface area contributed by atoms with E-state index in [2.05, 4.69) is 14.0 Å². The normalized spacial score (nSPS) is 40.7. The Bertz CT molecular complexity index is 601. The molecule has 3 aliphatic heterocycles. The first-order chi connectivity index (χ1) is 11.6. The number of ether oxygens (including phenoxy) is 2. The van der Waals surface area contributed by atoms with Gasteiger partial charge in [0.05, 0.1) is 19.5 Å². The summed E-state index contributed by atoms with van der Waals surface area (Å²) >= 11 is 0. The topological polar surface area (TPSA) is 61.9 Å². The Morgan fingerprint density at radius 1 is 1.29 bits per heavy atom. The minimum absolute atomic E-state index is 0.0839. The van der Waals surface area contributed by atoms with Crippen molar-refractivity contribution in [1.82, 2.24) is 0 Å². The molecular formula is C19H25NO4. The van der Waals surface area contributed by atoms with Crippen molar-refractivity contribution in [3.8, 4) is 0 Å². The van der Waals surface area contributed by atoms with Gasteiger partial charge in [-0.05, 0) is 12.5 Å². The highest BCUT2D eigenvalue weighted by Crippen LogP contribution is 2.52. The second-order valence-corrected chi connectivity index (χ2v) is 7.52.